The molecule has 0 radical (unpaired) electrons. The molecule has 0 amide bonds. The zero-order valence-corrected chi connectivity index (χ0v) is 13.7. The Bertz CT molecular complexity index is 533. The molecule has 2 atom stereocenters. The number of halogens is 2. The van der Waals surface area contributed by atoms with Gasteiger partial charge in [0.2, 0.25) is 0 Å². The Kier molecular flexibility index (Phi) is 5.95. The quantitative estimate of drug-likeness (QED) is 0.856. The largest absolute Gasteiger partial charge is 0.313 e. The van der Waals surface area contributed by atoms with Crippen LogP contribution in [-0.2, 0) is 16.3 Å². The van der Waals surface area contributed by atoms with Crippen LogP contribution in [0.15, 0.2) is 22.7 Å². The van der Waals surface area contributed by atoms with Crippen molar-refractivity contribution in [3.05, 3.63) is 34.1 Å². The van der Waals surface area contributed by atoms with E-state index in [-0.39, 0.29) is 11.9 Å². The van der Waals surface area contributed by atoms with E-state index in [0.717, 1.165) is 5.56 Å². The minimum absolute atomic E-state index is 0.238. The SMILES string of the molecule is CCNC(Cc1cccc(F)c1Br)C(C)S(C)(=O)=O. The Morgan fingerprint density at radius 1 is 1.42 bits per heavy atom. The molecule has 0 aromatic heterocycles. The van der Waals surface area contributed by atoms with Crippen LogP contribution in [0.1, 0.15) is 19.4 Å². The van der Waals surface area contributed by atoms with Crippen LogP contribution in [0.3, 0.4) is 0 Å². The summed E-state index contributed by atoms with van der Waals surface area (Å²) < 4.78 is 37.2. The van der Waals surface area contributed by atoms with Gasteiger partial charge in [0.05, 0.1) is 9.72 Å². The van der Waals surface area contributed by atoms with Crippen LogP contribution >= 0.6 is 15.9 Å². The third kappa shape index (κ3) is 4.54. The first-order chi connectivity index (χ1) is 8.77. The van der Waals surface area contributed by atoms with Crippen molar-refractivity contribution >= 4 is 25.8 Å². The average Bonchev–Trinajstić information content (AvgIpc) is 2.32. The number of benzene rings is 1. The van der Waals surface area contributed by atoms with Gasteiger partial charge in [0.15, 0.2) is 9.84 Å². The maximum atomic E-state index is 13.5. The molecule has 1 aromatic carbocycles. The van der Waals surface area contributed by atoms with Crippen LogP contribution in [0, 0.1) is 5.82 Å². The third-order valence-electron chi connectivity index (χ3n) is 3.18. The molecule has 19 heavy (non-hydrogen) atoms. The van der Waals surface area contributed by atoms with Crippen LogP contribution < -0.4 is 5.32 Å². The number of hydrogen-bond donors (Lipinski definition) is 1. The average molecular weight is 352 g/mol. The van der Waals surface area contributed by atoms with Gasteiger partial charge in [-0.05, 0) is 47.4 Å². The summed E-state index contributed by atoms with van der Waals surface area (Å²) in [6, 6.07) is 4.56. The molecule has 0 spiro atoms. The Morgan fingerprint density at radius 2 is 2.05 bits per heavy atom. The fourth-order valence-electron chi connectivity index (χ4n) is 1.91. The normalized spacial score (nSPS) is 15.2. The predicted molar refractivity (Wildman–Crippen MR) is 79.6 cm³/mol. The van der Waals surface area contributed by atoms with Crippen LogP contribution in [0.4, 0.5) is 4.39 Å². The summed E-state index contributed by atoms with van der Waals surface area (Å²) in [7, 11) is -3.14. The van der Waals surface area contributed by atoms with Gasteiger partial charge in [0.1, 0.15) is 5.82 Å². The molecule has 1 N–H and O–H groups in total. The molecule has 0 saturated carbocycles. The van der Waals surface area contributed by atoms with Crippen molar-refractivity contribution in [2.24, 2.45) is 0 Å². The number of rotatable bonds is 6. The van der Waals surface area contributed by atoms with Crippen molar-refractivity contribution in [1.82, 2.24) is 5.32 Å². The van der Waals surface area contributed by atoms with Gasteiger partial charge in [0, 0.05) is 12.3 Å². The zero-order valence-electron chi connectivity index (χ0n) is 11.3. The predicted octanol–water partition coefficient (Wildman–Crippen LogP) is 2.54. The molecule has 0 fully saturated rings. The van der Waals surface area contributed by atoms with Crippen LogP contribution in [0.25, 0.3) is 0 Å². The van der Waals surface area contributed by atoms with Crippen LogP contribution in [0.5, 0.6) is 0 Å². The van der Waals surface area contributed by atoms with E-state index in [2.05, 4.69) is 21.2 Å². The van der Waals surface area contributed by atoms with E-state index in [1.807, 2.05) is 6.92 Å². The van der Waals surface area contributed by atoms with Gasteiger partial charge >= 0.3 is 0 Å². The van der Waals surface area contributed by atoms with Gasteiger partial charge in [-0.25, -0.2) is 12.8 Å². The van der Waals surface area contributed by atoms with Crippen molar-refractivity contribution in [2.45, 2.75) is 31.6 Å². The summed E-state index contributed by atoms with van der Waals surface area (Å²) in [5.74, 6) is -0.334. The monoisotopic (exact) mass is 351 g/mol. The van der Waals surface area contributed by atoms with Gasteiger partial charge in [-0.1, -0.05) is 19.1 Å². The lowest BCUT2D eigenvalue weighted by molar-refractivity contribution is 0.492. The summed E-state index contributed by atoms with van der Waals surface area (Å²) in [6.07, 6.45) is 1.68. The van der Waals surface area contributed by atoms with Gasteiger partial charge in [-0.15, -0.1) is 0 Å². The maximum Gasteiger partial charge on any atom is 0.151 e. The molecule has 0 heterocycles. The molecule has 2 unspecified atom stereocenters. The number of hydrogen-bond acceptors (Lipinski definition) is 3. The van der Waals surface area contributed by atoms with Crippen LogP contribution in [-0.4, -0.2) is 32.5 Å². The summed E-state index contributed by atoms with van der Waals surface area (Å²) in [4.78, 5) is 0. The van der Waals surface area contributed by atoms with Crippen LogP contribution in [0.2, 0.25) is 0 Å². The zero-order chi connectivity index (χ0) is 14.6. The standard InChI is InChI=1S/C13H19BrFNO2S/c1-4-16-12(9(2)19(3,17)18)8-10-6-5-7-11(15)13(10)14/h5-7,9,12,16H,4,8H2,1-3H3. The topological polar surface area (TPSA) is 46.2 Å². The first-order valence-corrected chi connectivity index (χ1v) is 8.87. The van der Waals surface area contributed by atoms with Crippen molar-refractivity contribution < 1.29 is 12.8 Å². The second-order valence-corrected chi connectivity index (χ2v) is 7.81. The maximum absolute atomic E-state index is 13.5. The summed E-state index contributed by atoms with van der Waals surface area (Å²) in [6.45, 7) is 4.26. The Balaban J connectivity index is 2.99. The second-order valence-electron chi connectivity index (χ2n) is 4.62. The molecule has 108 valence electrons. The van der Waals surface area contributed by atoms with Crippen molar-refractivity contribution in [3.63, 3.8) is 0 Å². The third-order valence-corrected chi connectivity index (χ3v) is 5.75. The highest BCUT2D eigenvalue weighted by molar-refractivity contribution is 9.10. The molecule has 6 heteroatoms. The van der Waals surface area contributed by atoms with Crippen molar-refractivity contribution in [1.29, 1.82) is 0 Å². The minimum Gasteiger partial charge on any atom is -0.313 e. The Hall–Kier alpha value is -0.460. The molecular weight excluding hydrogens is 333 g/mol. The van der Waals surface area contributed by atoms with E-state index in [0.29, 0.717) is 17.4 Å². The highest BCUT2D eigenvalue weighted by Gasteiger charge is 2.26. The molecular formula is C13H19BrFNO2S. The van der Waals surface area contributed by atoms with E-state index < -0.39 is 15.1 Å². The molecule has 0 aliphatic heterocycles. The molecule has 1 aromatic rings. The fraction of sp³-hybridized carbons (Fsp3) is 0.538. The Labute approximate surface area is 122 Å². The first kappa shape index (κ1) is 16.6. The van der Waals surface area contributed by atoms with E-state index >= 15 is 0 Å². The lowest BCUT2D eigenvalue weighted by Crippen LogP contribution is -2.43. The van der Waals surface area contributed by atoms with Gasteiger partial charge in [0.25, 0.3) is 0 Å². The summed E-state index contributed by atoms with van der Waals surface area (Å²) >= 11 is 3.21. The number of sulfone groups is 1. The van der Waals surface area contributed by atoms with E-state index in [1.165, 1.54) is 12.3 Å². The molecule has 3 nitrogen and oxygen atoms in total. The molecule has 0 bridgehead atoms. The first-order valence-electron chi connectivity index (χ1n) is 6.12. The van der Waals surface area contributed by atoms with Crippen molar-refractivity contribution in [3.8, 4) is 0 Å². The number of likely N-dealkylation sites (N-methyl/N-ethyl adjacent to an activating group) is 1. The fourth-order valence-corrected chi connectivity index (χ4v) is 3.12. The number of nitrogens with one attached hydrogen (secondary N) is 1. The lowest BCUT2D eigenvalue weighted by Gasteiger charge is -2.24. The molecule has 0 aliphatic rings. The summed E-state index contributed by atoms with van der Waals surface area (Å²) in [5, 5.41) is 2.64. The smallest absolute Gasteiger partial charge is 0.151 e. The molecule has 1 rings (SSSR count). The lowest BCUT2D eigenvalue weighted by atomic mass is 10.0. The van der Waals surface area contributed by atoms with E-state index in [9.17, 15) is 12.8 Å². The molecule has 0 saturated heterocycles. The molecule has 0 aliphatic carbocycles. The Morgan fingerprint density at radius 3 is 2.58 bits per heavy atom. The van der Waals surface area contributed by atoms with Gasteiger partial charge < -0.3 is 5.32 Å². The van der Waals surface area contributed by atoms with E-state index in [1.54, 1.807) is 19.1 Å². The summed E-state index contributed by atoms with van der Waals surface area (Å²) in [5.41, 5.74) is 0.765. The highest BCUT2D eigenvalue weighted by atomic mass is 79.9. The van der Waals surface area contributed by atoms with Gasteiger partial charge in [-0.2, -0.15) is 0 Å². The second kappa shape index (κ2) is 6.81. The highest BCUT2D eigenvalue weighted by Crippen LogP contribution is 2.23. The van der Waals surface area contributed by atoms with Crippen molar-refractivity contribution in [2.75, 3.05) is 12.8 Å². The van der Waals surface area contributed by atoms with Gasteiger partial charge in [-0.3, -0.25) is 0 Å². The minimum atomic E-state index is -3.14. The van der Waals surface area contributed by atoms with E-state index in [4.69, 9.17) is 0 Å².